The van der Waals surface area contributed by atoms with E-state index in [0.29, 0.717) is 18.5 Å². The van der Waals surface area contributed by atoms with E-state index in [1.54, 1.807) is 12.1 Å². The van der Waals surface area contributed by atoms with Crippen molar-refractivity contribution in [2.24, 2.45) is 0 Å². The molecule has 0 saturated heterocycles. The maximum Gasteiger partial charge on any atom is 0.246 e. The van der Waals surface area contributed by atoms with Gasteiger partial charge in [-0.15, -0.1) is 0 Å². The first-order valence-corrected chi connectivity index (χ1v) is 6.62. The molecule has 2 N–H and O–H groups in total. The summed E-state index contributed by atoms with van der Waals surface area (Å²) in [5.41, 5.74) is 2.46. The predicted octanol–water partition coefficient (Wildman–Crippen LogP) is 2.65. The quantitative estimate of drug-likeness (QED) is 0.896. The number of hydrogen-bond donors (Lipinski definition) is 2. The van der Waals surface area contributed by atoms with Crippen LogP contribution in [0.5, 0.6) is 0 Å². The molecule has 20 heavy (non-hydrogen) atoms. The van der Waals surface area contributed by atoms with Crippen molar-refractivity contribution >= 4 is 11.6 Å². The lowest BCUT2D eigenvalue weighted by atomic mass is 10.1. The van der Waals surface area contributed by atoms with E-state index in [4.69, 9.17) is 0 Å². The van der Waals surface area contributed by atoms with Gasteiger partial charge in [-0.1, -0.05) is 36.4 Å². The summed E-state index contributed by atoms with van der Waals surface area (Å²) in [5, 5.41) is 6.02. The van der Waals surface area contributed by atoms with Crippen LogP contribution >= 0.6 is 0 Å². The number of benzene rings is 2. The highest BCUT2D eigenvalue weighted by Crippen LogP contribution is 2.29. The highest BCUT2D eigenvalue weighted by molar-refractivity contribution is 6.02. The maximum atomic E-state index is 13.5. The molecule has 0 saturated carbocycles. The molecule has 1 heterocycles. The standard InChI is InChI=1S/C16H15FN2O/c17-13-7-3-1-5-11(13)9-10-18-15-12-6-2-4-8-14(12)19-16(15)20/h1-8,15,18H,9-10H2,(H,19,20). The van der Waals surface area contributed by atoms with Crippen LogP contribution in [0, 0.1) is 5.82 Å². The van der Waals surface area contributed by atoms with Gasteiger partial charge >= 0.3 is 0 Å². The summed E-state index contributed by atoms with van der Waals surface area (Å²) in [6.45, 7) is 0.549. The molecule has 1 aliphatic rings. The van der Waals surface area contributed by atoms with Gasteiger partial charge in [-0.2, -0.15) is 0 Å². The first-order valence-electron chi connectivity index (χ1n) is 6.62. The van der Waals surface area contributed by atoms with Crippen LogP contribution in [0.2, 0.25) is 0 Å². The van der Waals surface area contributed by atoms with Crippen molar-refractivity contribution in [2.45, 2.75) is 12.5 Å². The van der Waals surface area contributed by atoms with Crippen molar-refractivity contribution in [2.75, 3.05) is 11.9 Å². The number of para-hydroxylation sites is 1. The van der Waals surface area contributed by atoms with Gasteiger partial charge in [0.05, 0.1) is 0 Å². The fraction of sp³-hybridized carbons (Fsp3) is 0.188. The number of carbonyl (C=O) groups excluding carboxylic acids is 1. The Morgan fingerprint density at radius 3 is 2.70 bits per heavy atom. The molecule has 1 amide bonds. The van der Waals surface area contributed by atoms with Crippen LogP contribution in [0.15, 0.2) is 48.5 Å². The number of fused-ring (bicyclic) bond motifs is 1. The largest absolute Gasteiger partial charge is 0.324 e. The molecule has 3 rings (SSSR count). The van der Waals surface area contributed by atoms with Gasteiger partial charge in [-0.3, -0.25) is 4.79 Å². The van der Waals surface area contributed by atoms with Crippen LogP contribution in [0.1, 0.15) is 17.2 Å². The zero-order valence-corrected chi connectivity index (χ0v) is 10.9. The summed E-state index contributed by atoms with van der Waals surface area (Å²) in [6.07, 6.45) is 0.554. The fourth-order valence-electron chi connectivity index (χ4n) is 2.46. The van der Waals surface area contributed by atoms with Crippen molar-refractivity contribution < 1.29 is 9.18 Å². The SMILES string of the molecule is O=C1Nc2ccccc2C1NCCc1ccccc1F. The van der Waals surface area contributed by atoms with Crippen LogP contribution in [-0.2, 0) is 11.2 Å². The molecule has 0 spiro atoms. The van der Waals surface area contributed by atoms with E-state index in [2.05, 4.69) is 10.6 Å². The fourth-order valence-corrected chi connectivity index (χ4v) is 2.46. The zero-order chi connectivity index (χ0) is 13.9. The Morgan fingerprint density at radius 1 is 1.10 bits per heavy atom. The number of nitrogens with one attached hydrogen (secondary N) is 2. The molecule has 3 nitrogen and oxygen atoms in total. The van der Waals surface area contributed by atoms with E-state index < -0.39 is 0 Å². The maximum absolute atomic E-state index is 13.5. The van der Waals surface area contributed by atoms with Crippen molar-refractivity contribution in [3.05, 3.63) is 65.5 Å². The smallest absolute Gasteiger partial charge is 0.246 e. The van der Waals surface area contributed by atoms with Crippen LogP contribution < -0.4 is 10.6 Å². The molecule has 1 atom stereocenters. The van der Waals surface area contributed by atoms with E-state index in [9.17, 15) is 9.18 Å². The number of hydrogen-bond acceptors (Lipinski definition) is 2. The molecule has 102 valence electrons. The molecule has 2 aromatic rings. The Labute approximate surface area is 116 Å². The first kappa shape index (κ1) is 12.8. The summed E-state index contributed by atoms with van der Waals surface area (Å²) < 4.78 is 13.5. The Balaban J connectivity index is 1.65. The monoisotopic (exact) mass is 270 g/mol. The third kappa shape index (κ3) is 2.42. The van der Waals surface area contributed by atoms with Gasteiger partial charge in [-0.05, 0) is 24.1 Å². The van der Waals surface area contributed by atoms with E-state index in [0.717, 1.165) is 11.3 Å². The van der Waals surface area contributed by atoms with E-state index >= 15 is 0 Å². The van der Waals surface area contributed by atoms with Crippen molar-refractivity contribution in [1.29, 1.82) is 0 Å². The number of rotatable bonds is 4. The van der Waals surface area contributed by atoms with E-state index in [1.165, 1.54) is 6.07 Å². The van der Waals surface area contributed by atoms with Crippen LogP contribution in [0.3, 0.4) is 0 Å². The van der Waals surface area contributed by atoms with Crippen LogP contribution in [-0.4, -0.2) is 12.5 Å². The lowest BCUT2D eigenvalue weighted by Crippen LogP contribution is -2.29. The molecule has 2 aromatic carbocycles. The Morgan fingerprint density at radius 2 is 1.85 bits per heavy atom. The average molecular weight is 270 g/mol. The molecule has 0 aromatic heterocycles. The van der Waals surface area contributed by atoms with Gasteiger partial charge in [0.15, 0.2) is 0 Å². The van der Waals surface area contributed by atoms with Crippen molar-refractivity contribution in [3.63, 3.8) is 0 Å². The summed E-state index contributed by atoms with van der Waals surface area (Å²) in [7, 11) is 0. The van der Waals surface area contributed by atoms with Crippen molar-refractivity contribution in [1.82, 2.24) is 5.32 Å². The average Bonchev–Trinajstić information content (AvgIpc) is 2.77. The van der Waals surface area contributed by atoms with Crippen LogP contribution in [0.25, 0.3) is 0 Å². The number of amides is 1. The molecule has 1 unspecified atom stereocenters. The second-order valence-electron chi connectivity index (χ2n) is 4.81. The van der Waals surface area contributed by atoms with Gasteiger partial charge < -0.3 is 10.6 Å². The number of halogens is 1. The van der Waals surface area contributed by atoms with Gasteiger partial charge in [0, 0.05) is 17.8 Å². The topological polar surface area (TPSA) is 41.1 Å². The normalized spacial score (nSPS) is 16.9. The summed E-state index contributed by atoms with van der Waals surface area (Å²) in [5.74, 6) is -0.259. The molecule has 0 fully saturated rings. The number of anilines is 1. The van der Waals surface area contributed by atoms with Crippen LogP contribution in [0.4, 0.5) is 10.1 Å². The summed E-state index contributed by atoms with van der Waals surface area (Å²) >= 11 is 0. The molecule has 4 heteroatoms. The highest BCUT2D eigenvalue weighted by Gasteiger charge is 2.29. The molecule has 1 aliphatic heterocycles. The minimum absolute atomic E-state index is 0.0558. The van der Waals surface area contributed by atoms with E-state index in [-0.39, 0.29) is 17.8 Å². The Kier molecular flexibility index (Phi) is 3.48. The van der Waals surface area contributed by atoms with Gasteiger partial charge in [-0.25, -0.2) is 4.39 Å². The molecular weight excluding hydrogens is 255 g/mol. The minimum atomic E-state index is -0.349. The van der Waals surface area contributed by atoms with Gasteiger partial charge in [0.25, 0.3) is 0 Å². The number of carbonyl (C=O) groups is 1. The minimum Gasteiger partial charge on any atom is -0.324 e. The van der Waals surface area contributed by atoms with Gasteiger partial charge in [0.2, 0.25) is 5.91 Å². The Bertz CT molecular complexity index is 642. The molecular formula is C16H15FN2O. The molecule has 0 bridgehead atoms. The molecule has 0 aliphatic carbocycles. The van der Waals surface area contributed by atoms with Crippen molar-refractivity contribution in [3.8, 4) is 0 Å². The third-order valence-electron chi connectivity index (χ3n) is 3.49. The second kappa shape index (κ2) is 5.43. The highest BCUT2D eigenvalue weighted by atomic mass is 19.1. The third-order valence-corrected chi connectivity index (χ3v) is 3.49. The lowest BCUT2D eigenvalue weighted by molar-refractivity contribution is -0.117. The second-order valence-corrected chi connectivity index (χ2v) is 4.81. The lowest BCUT2D eigenvalue weighted by Gasteiger charge is -2.11. The summed E-state index contributed by atoms with van der Waals surface area (Å²) in [4.78, 5) is 11.9. The Hall–Kier alpha value is -2.20. The molecule has 0 radical (unpaired) electrons. The first-order chi connectivity index (χ1) is 9.75. The van der Waals surface area contributed by atoms with Gasteiger partial charge in [0.1, 0.15) is 11.9 Å². The summed E-state index contributed by atoms with van der Waals surface area (Å²) in [6, 6.07) is 14.0. The van der Waals surface area contributed by atoms with E-state index in [1.807, 2.05) is 30.3 Å². The predicted molar refractivity (Wildman–Crippen MR) is 75.9 cm³/mol. The zero-order valence-electron chi connectivity index (χ0n) is 10.9.